The Bertz CT molecular complexity index is 1860. The second-order valence-corrected chi connectivity index (χ2v) is 12.3. The molecule has 0 aliphatic carbocycles. The van der Waals surface area contributed by atoms with Gasteiger partial charge in [-0.05, 0) is 78.1 Å². The first-order chi connectivity index (χ1) is 20.6. The average molecular weight is 575 g/mol. The quantitative estimate of drug-likeness (QED) is 0.255. The van der Waals surface area contributed by atoms with Gasteiger partial charge in [-0.1, -0.05) is 64.1 Å². The van der Waals surface area contributed by atoms with Crippen LogP contribution in [0.1, 0.15) is 88.1 Å². The molecule has 2 aliphatic heterocycles. The molecule has 7 nitrogen and oxygen atoms in total. The van der Waals surface area contributed by atoms with Gasteiger partial charge < -0.3 is 0 Å². The fourth-order valence-electron chi connectivity index (χ4n) is 6.32. The molecule has 0 fully saturated rings. The van der Waals surface area contributed by atoms with Crippen LogP contribution in [0, 0.1) is 13.8 Å². The SMILES string of the molecule is Cc1cc2c(cc1C)-c1c/c(=N\c3c(C(C)C)cccc3C(C)C)n(CCN3C(=O)c4ccccc4C3=O)c(=O)n1CC2. The van der Waals surface area contributed by atoms with Crippen LogP contribution in [0.2, 0.25) is 0 Å². The van der Waals surface area contributed by atoms with Crippen LogP contribution >= 0.6 is 0 Å². The Kier molecular flexibility index (Phi) is 7.28. The molecular weight excluding hydrogens is 536 g/mol. The third kappa shape index (κ3) is 4.86. The molecular formula is C36H38N4O3. The van der Waals surface area contributed by atoms with E-state index in [9.17, 15) is 14.4 Å². The van der Waals surface area contributed by atoms with Gasteiger partial charge in [0.25, 0.3) is 11.8 Å². The molecule has 0 spiro atoms. The first-order valence-electron chi connectivity index (χ1n) is 15.1. The van der Waals surface area contributed by atoms with Crippen LogP contribution in [0.25, 0.3) is 11.3 Å². The van der Waals surface area contributed by atoms with E-state index < -0.39 is 0 Å². The van der Waals surface area contributed by atoms with E-state index in [0.29, 0.717) is 23.2 Å². The lowest BCUT2D eigenvalue weighted by Gasteiger charge is -2.25. The first-order valence-corrected chi connectivity index (χ1v) is 15.1. The summed E-state index contributed by atoms with van der Waals surface area (Å²) in [4.78, 5) is 47.1. The fraction of sp³-hybridized carbons (Fsp3) is 0.333. The van der Waals surface area contributed by atoms with Crippen molar-refractivity contribution in [3.05, 3.63) is 116 Å². The third-order valence-corrected chi connectivity index (χ3v) is 8.89. The highest BCUT2D eigenvalue weighted by Crippen LogP contribution is 2.35. The molecule has 0 atom stereocenters. The minimum Gasteiger partial charge on any atom is -0.293 e. The normalized spacial score (nSPS) is 14.5. The number of nitrogens with zero attached hydrogens (tertiary/aromatic N) is 4. The summed E-state index contributed by atoms with van der Waals surface area (Å²) < 4.78 is 3.45. The first kappa shape index (κ1) is 28.6. The van der Waals surface area contributed by atoms with Crippen molar-refractivity contribution < 1.29 is 9.59 Å². The Morgan fingerprint density at radius 3 is 1.95 bits per heavy atom. The highest BCUT2D eigenvalue weighted by atomic mass is 16.2. The Morgan fingerprint density at radius 2 is 1.35 bits per heavy atom. The lowest BCUT2D eigenvalue weighted by Crippen LogP contribution is -2.45. The zero-order valence-electron chi connectivity index (χ0n) is 25.8. The molecule has 2 aliphatic rings. The number of rotatable bonds is 6. The van der Waals surface area contributed by atoms with Crippen molar-refractivity contribution >= 4 is 17.5 Å². The molecule has 0 unspecified atom stereocenters. The number of para-hydroxylation sites is 1. The maximum atomic E-state index is 14.3. The second-order valence-electron chi connectivity index (χ2n) is 12.3. The van der Waals surface area contributed by atoms with Crippen molar-refractivity contribution in [2.45, 2.75) is 72.9 Å². The molecule has 1 aromatic heterocycles. The number of amides is 2. The van der Waals surface area contributed by atoms with E-state index in [-0.39, 0.29) is 42.4 Å². The molecule has 4 aromatic rings. The highest BCUT2D eigenvalue weighted by molar-refractivity contribution is 6.21. The van der Waals surface area contributed by atoms with Crippen LogP contribution < -0.4 is 11.2 Å². The topological polar surface area (TPSA) is 76.7 Å². The van der Waals surface area contributed by atoms with Crippen molar-refractivity contribution in [1.29, 1.82) is 0 Å². The van der Waals surface area contributed by atoms with Crippen molar-refractivity contribution in [2.75, 3.05) is 6.54 Å². The third-order valence-electron chi connectivity index (χ3n) is 8.89. The average Bonchev–Trinajstić information content (AvgIpc) is 3.22. The minimum atomic E-state index is -0.329. The van der Waals surface area contributed by atoms with Crippen LogP contribution in [-0.4, -0.2) is 32.4 Å². The van der Waals surface area contributed by atoms with Gasteiger partial charge in [0.2, 0.25) is 0 Å². The summed E-state index contributed by atoms with van der Waals surface area (Å²) in [6.45, 7) is 13.6. The Balaban J connectivity index is 1.55. The van der Waals surface area contributed by atoms with E-state index in [4.69, 9.17) is 4.99 Å². The van der Waals surface area contributed by atoms with Crippen LogP contribution in [0.5, 0.6) is 0 Å². The maximum Gasteiger partial charge on any atom is 0.330 e. The van der Waals surface area contributed by atoms with E-state index >= 15 is 0 Å². The number of hydrogen-bond donors (Lipinski definition) is 0. The van der Waals surface area contributed by atoms with Crippen LogP contribution in [-0.2, 0) is 19.5 Å². The molecule has 3 aromatic carbocycles. The van der Waals surface area contributed by atoms with Crippen LogP contribution in [0.4, 0.5) is 5.69 Å². The van der Waals surface area contributed by atoms with Gasteiger partial charge in [0.1, 0.15) is 5.49 Å². The molecule has 0 saturated carbocycles. The van der Waals surface area contributed by atoms with E-state index in [0.717, 1.165) is 34.5 Å². The number of carbonyl (C=O) groups excluding carboxylic acids is 2. The molecule has 2 amide bonds. The van der Waals surface area contributed by atoms with Crippen LogP contribution in [0.15, 0.2) is 70.5 Å². The van der Waals surface area contributed by atoms with Crippen LogP contribution in [0.3, 0.4) is 0 Å². The van der Waals surface area contributed by atoms with Gasteiger partial charge in [-0.2, -0.15) is 0 Å². The summed E-state index contributed by atoms with van der Waals surface area (Å²) in [7, 11) is 0. The van der Waals surface area contributed by atoms with Crippen molar-refractivity contribution in [1.82, 2.24) is 14.0 Å². The zero-order chi connectivity index (χ0) is 30.6. The largest absolute Gasteiger partial charge is 0.330 e. The summed E-state index contributed by atoms with van der Waals surface area (Å²) >= 11 is 0. The molecule has 3 heterocycles. The monoisotopic (exact) mass is 574 g/mol. The maximum absolute atomic E-state index is 14.3. The zero-order valence-corrected chi connectivity index (χ0v) is 25.8. The van der Waals surface area contributed by atoms with Gasteiger partial charge in [-0.3, -0.25) is 23.6 Å². The molecule has 7 heteroatoms. The molecule has 43 heavy (non-hydrogen) atoms. The molecule has 0 N–H and O–H groups in total. The van der Waals surface area contributed by atoms with E-state index in [1.54, 1.807) is 28.8 Å². The highest BCUT2D eigenvalue weighted by Gasteiger charge is 2.35. The van der Waals surface area contributed by atoms with Gasteiger partial charge in [-0.15, -0.1) is 0 Å². The number of benzene rings is 3. The summed E-state index contributed by atoms with van der Waals surface area (Å²) in [6, 6.07) is 19.6. The van der Waals surface area contributed by atoms with Gasteiger partial charge in [0, 0.05) is 31.3 Å². The number of aryl methyl sites for hydroxylation is 3. The van der Waals surface area contributed by atoms with Crippen molar-refractivity contribution in [3.63, 3.8) is 0 Å². The van der Waals surface area contributed by atoms with Gasteiger partial charge in [0.15, 0.2) is 0 Å². The second kappa shape index (κ2) is 11.0. The fourth-order valence-corrected chi connectivity index (χ4v) is 6.32. The van der Waals surface area contributed by atoms with Gasteiger partial charge in [0.05, 0.1) is 22.5 Å². The summed E-state index contributed by atoms with van der Waals surface area (Å²) in [5.74, 6) is -0.196. The Morgan fingerprint density at radius 1 is 0.744 bits per heavy atom. The molecule has 6 rings (SSSR count). The number of hydrogen-bond acceptors (Lipinski definition) is 4. The summed E-state index contributed by atoms with van der Waals surface area (Å²) in [5, 5.41) is 0. The predicted octanol–water partition coefficient (Wildman–Crippen LogP) is 6.27. The summed E-state index contributed by atoms with van der Waals surface area (Å²) in [6.07, 6.45) is 0.756. The summed E-state index contributed by atoms with van der Waals surface area (Å²) in [5.41, 5.74) is 9.77. The van der Waals surface area contributed by atoms with Gasteiger partial charge in [-0.25, -0.2) is 9.79 Å². The lowest BCUT2D eigenvalue weighted by molar-refractivity contribution is 0.0647. The van der Waals surface area contributed by atoms with Gasteiger partial charge >= 0.3 is 5.69 Å². The van der Waals surface area contributed by atoms with Crippen molar-refractivity contribution in [2.24, 2.45) is 4.99 Å². The minimum absolute atomic E-state index is 0.0753. The van der Waals surface area contributed by atoms with E-state index in [1.807, 2.05) is 10.6 Å². The van der Waals surface area contributed by atoms with Crippen molar-refractivity contribution in [3.8, 4) is 11.3 Å². The molecule has 0 saturated heterocycles. The lowest BCUT2D eigenvalue weighted by atomic mass is 9.92. The Labute approximate surface area is 252 Å². The number of aromatic nitrogens is 2. The Hall–Kier alpha value is -4.52. The van der Waals surface area contributed by atoms with E-state index in [2.05, 4.69) is 71.9 Å². The molecule has 0 radical (unpaired) electrons. The molecule has 220 valence electrons. The predicted molar refractivity (Wildman–Crippen MR) is 169 cm³/mol. The number of fused-ring (bicyclic) bond motifs is 4. The standard InChI is InChI=1S/C36H38N4O3/c1-21(2)26-12-9-13-27(22(3)4)33(26)37-32-20-31-30-19-24(6)23(5)18-25(30)14-15-38(31)36(43)39(32)16-17-40-34(41)28-10-7-8-11-29(28)35(40)42/h7-13,18-22H,14-17H2,1-6H3/b37-32+. The number of imide groups is 1. The van der Waals surface area contributed by atoms with E-state index in [1.165, 1.54) is 21.6 Å². The molecule has 0 bridgehead atoms. The smallest absolute Gasteiger partial charge is 0.293 e. The number of carbonyl (C=O) groups is 2.